The minimum atomic E-state index is 0.970. The predicted octanol–water partition coefficient (Wildman–Crippen LogP) is 2.45. The monoisotopic (exact) mass is 192 g/mol. The summed E-state index contributed by atoms with van der Waals surface area (Å²) in [7, 11) is 0. The van der Waals surface area contributed by atoms with E-state index >= 15 is 0 Å². The summed E-state index contributed by atoms with van der Waals surface area (Å²) in [6.45, 7) is 3.12. The molecule has 0 radical (unpaired) electrons. The maximum atomic E-state index is 4.09. The van der Waals surface area contributed by atoms with E-state index in [1.807, 2.05) is 30.2 Å². The zero-order chi connectivity index (χ0) is 9.10. The SMILES string of the molecule is CC1=CN(Cc2cccnc2)CS1. The molecule has 1 aliphatic rings. The van der Waals surface area contributed by atoms with Crippen LogP contribution in [0, 0.1) is 0 Å². The van der Waals surface area contributed by atoms with E-state index in [0.29, 0.717) is 0 Å². The Bertz CT molecular complexity index is 308. The smallest absolute Gasteiger partial charge is 0.0681 e. The molecule has 3 heteroatoms. The van der Waals surface area contributed by atoms with Crippen LogP contribution in [-0.4, -0.2) is 15.8 Å². The van der Waals surface area contributed by atoms with Crippen molar-refractivity contribution in [2.45, 2.75) is 13.5 Å². The molecule has 68 valence electrons. The maximum Gasteiger partial charge on any atom is 0.0681 e. The summed E-state index contributed by atoms with van der Waals surface area (Å²) >= 11 is 1.89. The Morgan fingerprint density at radius 2 is 2.54 bits per heavy atom. The minimum absolute atomic E-state index is 0.970. The van der Waals surface area contributed by atoms with E-state index in [9.17, 15) is 0 Å². The Kier molecular flexibility index (Phi) is 2.54. The van der Waals surface area contributed by atoms with Crippen LogP contribution in [-0.2, 0) is 6.54 Å². The second kappa shape index (κ2) is 3.83. The van der Waals surface area contributed by atoms with E-state index in [1.165, 1.54) is 10.5 Å². The number of allylic oxidation sites excluding steroid dienone is 1. The summed E-state index contributed by atoms with van der Waals surface area (Å²) in [6, 6.07) is 4.09. The van der Waals surface area contributed by atoms with Crippen molar-refractivity contribution in [2.24, 2.45) is 0 Å². The van der Waals surface area contributed by atoms with Gasteiger partial charge in [-0.1, -0.05) is 6.07 Å². The third-order valence-corrected chi connectivity index (χ3v) is 2.95. The van der Waals surface area contributed by atoms with Gasteiger partial charge in [-0.3, -0.25) is 4.98 Å². The minimum Gasteiger partial charge on any atom is -0.363 e. The first kappa shape index (κ1) is 8.63. The summed E-state index contributed by atoms with van der Waals surface area (Å²) in [6.07, 6.45) is 5.94. The van der Waals surface area contributed by atoms with Crippen LogP contribution >= 0.6 is 11.8 Å². The number of aromatic nitrogens is 1. The lowest BCUT2D eigenvalue weighted by Crippen LogP contribution is -2.12. The van der Waals surface area contributed by atoms with Crippen molar-refractivity contribution in [1.29, 1.82) is 0 Å². The highest BCUT2D eigenvalue weighted by atomic mass is 32.2. The Balaban J connectivity index is 2.00. The predicted molar refractivity (Wildman–Crippen MR) is 56.0 cm³/mol. The fourth-order valence-electron chi connectivity index (χ4n) is 1.33. The van der Waals surface area contributed by atoms with Crippen LogP contribution in [0.25, 0.3) is 0 Å². The van der Waals surface area contributed by atoms with Gasteiger partial charge in [-0.05, 0) is 23.5 Å². The van der Waals surface area contributed by atoms with Crippen molar-refractivity contribution in [1.82, 2.24) is 9.88 Å². The van der Waals surface area contributed by atoms with E-state index in [-0.39, 0.29) is 0 Å². The Morgan fingerprint density at radius 3 is 3.15 bits per heavy atom. The maximum absolute atomic E-state index is 4.09. The van der Waals surface area contributed by atoms with Gasteiger partial charge in [0.05, 0.1) is 5.88 Å². The van der Waals surface area contributed by atoms with E-state index in [1.54, 1.807) is 0 Å². The van der Waals surface area contributed by atoms with Crippen LogP contribution in [0.1, 0.15) is 12.5 Å². The van der Waals surface area contributed by atoms with Crippen molar-refractivity contribution < 1.29 is 0 Å². The third-order valence-electron chi connectivity index (χ3n) is 1.93. The first-order chi connectivity index (χ1) is 6.34. The molecule has 0 saturated heterocycles. The van der Waals surface area contributed by atoms with E-state index < -0.39 is 0 Å². The molecule has 0 aromatic carbocycles. The van der Waals surface area contributed by atoms with E-state index in [2.05, 4.69) is 29.1 Å². The van der Waals surface area contributed by atoms with Gasteiger partial charge in [0.1, 0.15) is 0 Å². The van der Waals surface area contributed by atoms with E-state index in [0.717, 1.165) is 12.4 Å². The number of thioether (sulfide) groups is 1. The third kappa shape index (κ3) is 2.25. The molecule has 13 heavy (non-hydrogen) atoms. The zero-order valence-electron chi connectivity index (χ0n) is 7.60. The fourth-order valence-corrected chi connectivity index (χ4v) is 2.09. The van der Waals surface area contributed by atoms with Gasteiger partial charge in [0.15, 0.2) is 0 Å². The van der Waals surface area contributed by atoms with Gasteiger partial charge in [0.2, 0.25) is 0 Å². The molecule has 2 rings (SSSR count). The molecule has 0 amide bonds. The van der Waals surface area contributed by atoms with Gasteiger partial charge in [-0.2, -0.15) is 0 Å². The second-order valence-electron chi connectivity index (χ2n) is 3.12. The Hall–Kier alpha value is -0.960. The van der Waals surface area contributed by atoms with Crippen LogP contribution in [0.4, 0.5) is 0 Å². The van der Waals surface area contributed by atoms with Gasteiger partial charge in [0.25, 0.3) is 0 Å². The number of pyridine rings is 1. The second-order valence-corrected chi connectivity index (χ2v) is 4.31. The number of hydrogen-bond acceptors (Lipinski definition) is 3. The Morgan fingerprint density at radius 1 is 1.62 bits per heavy atom. The highest BCUT2D eigenvalue weighted by molar-refractivity contribution is 8.03. The topological polar surface area (TPSA) is 16.1 Å². The molecule has 0 bridgehead atoms. The van der Waals surface area contributed by atoms with Crippen molar-refractivity contribution in [3.8, 4) is 0 Å². The summed E-state index contributed by atoms with van der Waals surface area (Å²) in [5.74, 6) is 1.07. The molecule has 0 spiro atoms. The molecule has 0 unspecified atom stereocenters. The zero-order valence-corrected chi connectivity index (χ0v) is 8.42. The molecule has 0 N–H and O–H groups in total. The summed E-state index contributed by atoms with van der Waals surface area (Å²) < 4.78 is 0. The lowest BCUT2D eigenvalue weighted by atomic mass is 10.3. The first-order valence-electron chi connectivity index (χ1n) is 4.29. The number of nitrogens with zero attached hydrogens (tertiary/aromatic N) is 2. The first-order valence-corrected chi connectivity index (χ1v) is 5.27. The molecular weight excluding hydrogens is 180 g/mol. The average Bonchev–Trinajstić information content (AvgIpc) is 2.53. The van der Waals surface area contributed by atoms with Gasteiger partial charge >= 0.3 is 0 Å². The quantitative estimate of drug-likeness (QED) is 0.716. The summed E-state index contributed by atoms with van der Waals surface area (Å²) in [4.78, 5) is 7.79. The van der Waals surface area contributed by atoms with Crippen LogP contribution in [0.2, 0.25) is 0 Å². The largest absolute Gasteiger partial charge is 0.363 e. The molecule has 1 aromatic rings. The lowest BCUT2D eigenvalue weighted by molar-refractivity contribution is 0.439. The van der Waals surface area contributed by atoms with Crippen LogP contribution < -0.4 is 0 Å². The molecule has 1 aromatic heterocycles. The molecule has 2 heterocycles. The van der Waals surface area contributed by atoms with Crippen LogP contribution in [0.5, 0.6) is 0 Å². The van der Waals surface area contributed by atoms with Gasteiger partial charge in [-0.25, -0.2) is 0 Å². The summed E-state index contributed by atoms with van der Waals surface area (Å²) in [5.41, 5.74) is 1.27. The van der Waals surface area contributed by atoms with Gasteiger partial charge in [0, 0.05) is 25.1 Å². The van der Waals surface area contributed by atoms with E-state index in [4.69, 9.17) is 0 Å². The number of rotatable bonds is 2. The molecule has 0 saturated carbocycles. The van der Waals surface area contributed by atoms with Crippen LogP contribution in [0.3, 0.4) is 0 Å². The molecule has 2 nitrogen and oxygen atoms in total. The van der Waals surface area contributed by atoms with Crippen LogP contribution in [0.15, 0.2) is 35.6 Å². The number of hydrogen-bond donors (Lipinski definition) is 0. The van der Waals surface area contributed by atoms with Crippen molar-refractivity contribution in [3.63, 3.8) is 0 Å². The fraction of sp³-hybridized carbons (Fsp3) is 0.300. The van der Waals surface area contributed by atoms with Crippen molar-refractivity contribution >= 4 is 11.8 Å². The molecule has 1 aliphatic heterocycles. The molecule has 0 aliphatic carbocycles. The highest BCUT2D eigenvalue weighted by Gasteiger charge is 2.09. The normalized spacial score (nSPS) is 16.1. The van der Waals surface area contributed by atoms with Gasteiger partial charge < -0.3 is 4.90 Å². The molecule has 0 atom stereocenters. The van der Waals surface area contributed by atoms with Crippen molar-refractivity contribution in [3.05, 3.63) is 41.2 Å². The lowest BCUT2D eigenvalue weighted by Gasteiger charge is -2.13. The summed E-state index contributed by atoms with van der Waals surface area (Å²) in [5, 5.41) is 0. The van der Waals surface area contributed by atoms with Gasteiger partial charge in [-0.15, -0.1) is 11.8 Å². The van der Waals surface area contributed by atoms with Crippen molar-refractivity contribution in [2.75, 3.05) is 5.88 Å². The standard InChI is InChI=1S/C10H12N2S/c1-9-6-12(8-13-9)7-10-3-2-4-11-5-10/h2-6H,7-8H2,1H3. The Labute approximate surface area is 82.7 Å². The average molecular weight is 192 g/mol. The molecule has 0 fully saturated rings. The highest BCUT2D eigenvalue weighted by Crippen LogP contribution is 2.25. The molecular formula is C10H12N2S.